The molecule has 0 aliphatic carbocycles. The Bertz CT molecular complexity index is 173. The maximum Gasteiger partial charge on any atom is 0.159 e. The number of carbonyl (C=O) groups is 2. The van der Waals surface area contributed by atoms with Crippen molar-refractivity contribution >= 4 is 11.6 Å². The fourth-order valence-electron chi connectivity index (χ4n) is 0.586. The molecule has 0 spiro atoms. The highest BCUT2D eigenvalue weighted by Gasteiger charge is 2.25. The quantitative estimate of drug-likeness (QED) is 0.605. The molecule has 0 bridgehead atoms. The van der Waals surface area contributed by atoms with Crippen molar-refractivity contribution in [2.75, 3.05) is 7.05 Å². The molecule has 64 valence electrons. The van der Waals surface area contributed by atoms with Gasteiger partial charge >= 0.3 is 0 Å². The highest BCUT2D eigenvalue weighted by molar-refractivity contribution is 6.02. The van der Waals surface area contributed by atoms with E-state index >= 15 is 0 Å². The average Bonchev–Trinajstić information content (AvgIpc) is 1.86. The van der Waals surface area contributed by atoms with Crippen LogP contribution in [0.4, 0.5) is 0 Å². The van der Waals surface area contributed by atoms with Crippen molar-refractivity contribution in [1.29, 1.82) is 0 Å². The van der Waals surface area contributed by atoms with Crippen molar-refractivity contribution in [3.8, 4) is 0 Å². The summed E-state index contributed by atoms with van der Waals surface area (Å²) in [6.07, 6.45) is 0.0217. The third-order valence-corrected chi connectivity index (χ3v) is 1.73. The van der Waals surface area contributed by atoms with Crippen LogP contribution in [0.3, 0.4) is 0 Å². The van der Waals surface area contributed by atoms with Crippen LogP contribution >= 0.6 is 0 Å². The van der Waals surface area contributed by atoms with Crippen LogP contribution in [-0.4, -0.2) is 24.2 Å². The second kappa shape index (κ2) is 3.62. The van der Waals surface area contributed by atoms with Crippen LogP contribution < -0.4 is 5.32 Å². The smallest absolute Gasteiger partial charge is 0.159 e. The van der Waals surface area contributed by atoms with Crippen molar-refractivity contribution in [2.24, 2.45) is 0 Å². The van der Waals surface area contributed by atoms with Gasteiger partial charge in [-0.15, -0.1) is 0 Å². The molecule has 0 heterocycles. The Morgan fingerprint density at radius 2 is 1.82 bits per heavy atom. The van der Waals surface area contributed by atoms with E-state index in [1.54, 1.807) is 20.9 Å². The summed E-state index contributed by atoms with van der Waals surface area (Å²) in [6, 6.07) is 0. The molecule has 11 heavy (non-hydrogen) atoms. The Balaban J connectivity index is 4.13. The van der Waals surface area contributed by atoms with E-state index in [9.17, 15) is 9.59 Å². The minimum atomic E-state index is -0.578. The van der Waals surface area contributed by atoms with E-state index in [1.165, 1.54) is 6.92 Å². The first-order valence-corrected chi connectivity index (χ1v) is 3.62. The summed E-state index contributed by atoms with van der Waals surface area (Å²) < 4.78 is 0. The van der Waals surface area contributed by atoms with E-state index < -0.39 is 5.54 Å². The zero-order valence-corrected chi connectivity index (χ0v) is 7.52. The lowest BCUT2D eigenvalue weighted by atomic mass is 9.96. The molecule has 0 rings (SSSR count). The number of rotatable bonds is 4. The molecule has 0 radical (unpaired) electrons. The molecule has 0 aromatic heterocycles. The Labute approximate surface area is 67.2 Å². The molecular weight excluding hydrogens is 142 g/mol. The van der Waals surface area contributed by atoms with Crippen molar-refractivity contribution in [3.63, 3.8) is 0 Å². The van der Waals surface area contributed by atoms with E-state index in [2.05, 4.69) is 5.32 Å². The standard InChI is InChI=1S/C8H15NO2/c1-6(10)5-7(11)8(2,3)9-4/h9H,5H2,1-4H3. The van der Waals surface area contributed by atoms with Gasteiger partial charge in [-0.05, 0) is 27.8 Å². The molecule has 3 nitrogen and oxygen atoms in total. The summed E-state index contributed by atoms with van der Waals surface area (Å²) in [5.41, 5.74) is -0.578. The van der Waals surface area contributed by atoms with Gasteiger partial charge in [0, 0.05) is 0 Å². The van der Waals surface area contributed by atoms with Gasteiger partial charge in [0.2, 0.25) is 0 Å². The number of ketones is 2. The summed E-state index contributed by atoms with van der Waals surface area (Å²) in [5, 5.41) is 2.84. The van der Waals surface area contributed by atoms with Gasteiger partial charge in [-0.3, -0.25) is 9.59 Å². The SMILES string of the molecule is CNC(C)(C)C(=O)CC(C)=O. The molecule has 0 aliphatic rings. The number of carbonyl (C=O) groups excluding carboxylic acids is 2. The van der Waals surface area contributed by atoms with Crippen LogP contribution in [0.15, 0.2) is 0 Å². The molecule has 0 unspecified atom stereocenters. The van der Waals surface area contributed by atoms with Crippen molar-refractivity contribution in [3.05, 3.63) is 0 Å². The molecule has 0 fully saturated rings. The number of hydrogen-bond acceptors (Lipinski definition) is 3. The zero-order valence-electron chi connectivity index (χ0n) is 7.52. The van der Waals surface area contributed by atoms with Gasteiger partial charge in [0.05, 0.1) is 12.0 Å². The Kier molecular flexibility index (Phi) is 3.39. The summed E-state index contributed by atoms with van der Waals surface area (Å²) >= 11 is 0. The van der Waals surface area contributed by atoms with Crippen molar-refractivity contribution < 1.29 is 9.59 Å². The third kappa shape index (κ3) is 3.28. The van der Waals surface area contributed by atoms with Crippen LogP contribution in [0.25, 0.3) is 0 Å². The highest BCUT2D eigenvalue weighted by atomic mass is 16.1. The Hall–Kier alpha value is -0.700. The molecule has 0 amide bonds. The topological polar surface area (TPSA) is 46.2 Å². The van der Waals surface area contributed by atoms with Gasteiger partial charge in [-0.25, -0.2) is 0 Å². The summed E-state index contributed by atoms with van der Waals surface area (Å²) in [5.74, 6) is -0.147. The minimum absolute atomic E-state index is 0.0217. The monoisotopic (exact) mass is 157 g/mol. The molecule has 3 heteroatoms. The van der Waals surface area contributed by atoms with Gasteiger partial charge < -0.3 is 5.32 Å². The first-order chi connectivity index (χ1) is 4.90. The first kappa shape index (κ1) is 10.3. The Morgan fingerprint density at radius 1 is 1.36 bits per heavy atom. The predicted molar refractivity (Wildman–Crippen MR) is 43.4 cm³/mol. The molecule has 0 aliphatic heterocycles. The van der Waals surface area contributed by atoms with Crippen LogP contribution in [0.2, 0.25) is 0 Å². The van der Waals surface area contributed by atoms with E-state index in [0.29, 0.717) is 0 Å². The van der Waals surface area contributed by atoms with Gasteiger partial charge in [0.25, 0.3) is 0 Å². The first-order valence-electron chi connectivity index (χ1n) is 3.62. The van der Waals surface area contributed by atoms with E-state index in [0.717, 1.165) is 0 Å². The van der Waals surface area contributed by atoms with Crippen LogP contribution in [0.1, 0.15) is 27.2 Å². The number of nitrogens with one attached hydrogen (secondary N) is 1. The fourth-order valence-corrected chi connectivity index (χ4v) is 0.586. The van der Waals surface area contributed by atoms with Gasteiger partial charge in [-0.1, -0.05) is 0 Å². The van der Waals surface area contributed by atoms with Crippen LogP contribution in [0, 0.1) is 0 Å². The molecule has 0 aromatic rings. The maximum atomic E-state index is 11.2. The Morgan fingerprint density at radius 3 is 2.09 bits per heavy atom. The zero-order chi connectivity index (χ0) is 9.07. The minimum Gasteiger partial charge on any atom is -0.308 e. The number of hydrogen-bond donors (Lipinski definition) is 1. The van der Waals surface area contributed by atoms with E-state index in [1.807, 2.05) is 0 Å². The van der Waals surface area contributed by atoms with Crippen molar-refractivity contribution in [2.45, 2.75) is 32.7 Å². The van der Waals surface area contributed by atoms with Crippen LogP contribution in [-0.2, 0) is 9.59 Å². The summed E-state index contributed by atoms with van der Waals surface area (Å²) in [7, 11) is 1.71. The summed E-state index contributed by atoms with van der Waals surface area (Å²) in [4.78, 5) is 21.8. The second-order valence-electron chi connectivity index (χ2n) is 3.18. The molecule has 0 atom stereocenters. The number of Topliss-reactive ketones (excluding diaryl/α,β-unsaturated/α-hetero) is 2. The normalized spacial score (nSPS) is 11.3. The summed E-state index contributed by atoms with van der Waals surface area (Å²) in [6.45, 7) is 4.94. The predicted octanol–water partition coefficient (Wildman–Crippen LogP) is 0.533. The van der Waals surface area contributed by atoms with Gasteiger partial charge in [0.15, 0.2) is 5.78 Å². The van der Waals surface area contributed by atoms with E-state index in [4.69, 9.17) is 0 Å². The van der Waals surface area contributed by atoms with Gasteiger partial charge in [-0.2, -0.15) is 0 Å². The highest BCUT2D eigenvalue weighted by Crippen LogP contribution is 2.05. The lowest BCUT2D eigenvalue weighted by Crippen LogP contribution is -2.45. The average molecular weight is 157 g/mol. The van der Waals surface area contributed by atoms with Gasteiger partial charge in [0.1, 0.15) is 5.78 Å². The third-order valence-electron chi connectivity index (χ3n) is 1.73. The molecule has 0 saturated carbocycles. The van der Waals surface area contributed by atoms with Crippen molar-refractivity contribution in [1.82, 2.24) is 5.32 Å². The molecule has 0 saturated heterocycles. The second-order valence-corrected chi connectivity index (χ2v) is 3.18. The molecule has 0 aromatic carbocycles. The van der Waals surface area contributed by atoms with E-state index in [-0.39, 0.29) is 18.0 Å². The molecular formula is C8H15NO2. The maximum absolute atomic E-state index is 11.2. The fraction of sp³-hybridized carbons (Fsp3) is 0.750. The molecule has 1 N–H and O–H groups in total. The van der Waals surface area contributed by atoms with Crippen LogP contribution in [0.5, 0.6) is 0 Å². The largest absolute Gasteiger partial charge is 0.308 e. The number of likely N-dealkylation sites (N-methyl/N-ethyl adjacent to an activating group) is 1. The lowest BCUT2D eigenvalue weighted by Gasteiger charge is -2.21. The lowest BCUT2D eigenvalue weighted by molar-refractivity contribution is -0.129.